The molecule has 0 aliphatic carbocycles. The summed E-state index contributed by atoms with van der Waals surface area (Å²) in [6.07, 6.45) is 6.91. The van der Waals surface area contributed by atoms with Crippen LogP contribution in [0.2, 0.25) is 0 Å². The summed E-state index contributed by atoms with van der Waals surface area (Å²) in [4.78, 5) is 32.2. The molecule has 206 valence electrons. The molecule has 2 aliphatic rings. The summed E-state index contributed by atoms with van der Waals surface area (Å²) in [6, 6.07) is 5.20. The Balaban J connectivity index is 0.000000360. The number of aromatic amines is 1. The fraction of sp³-hybridized carbons (Fsp3) is 0.577. The second kappa shape index (κ2) is 12.9. The molecular formula is C26H38N8O4. The third-order valence-corrected chi connectivity index (χ3v) is 7.24. The predicted molar refractivity (Wildman–Crippen MR) is 142 cm³/mol. The average Bonchev–Trinajstić information content (AvgIpc) is 3.39. The maximum Gasteiger partial charge on any atom is 0.280 e. The molecule has 2 fully saturated rings. The first kappa shape index (κ1) is 27.7. The van der Waals surface area contributed by atoms with Gasteiger partial charge in [-0.05, 0) is 63.5 Å². The van der Waals surface area contributed by atoms with Crippen molar-refractivity contribution in [1.29, 1.82) is 0 Å². The number of aromatic nitrogens is 5. The van der Waals surface area contributed by atoms with Gasteiger partial charge in [-0.25, -0.2) is 19.9 Å². The maximum absolute atomic E-state index is 10.2. The van der Waals surface area contributed by atoms with Crippen molar-refractivity contribution in [2.24, 2.45) is 17.6 Å². The number of aliphatic hydroxyl groups is 2. The molecule has 0 amide bonds. The number of rotatable bonds is 6. The highest BCUT2D eigenvalue weighted by molar-refractivity contribution is 5.39. The molecule has 5 heterocycles. The van der Waals surface area contributed by atoms with Gasteiger partial charge in [-0.2, -0.15) is 5.16 Å². The Kier molecular flexibility index (Phi) is 9.43. The van der Waals surface area contributed by atoms with E-state index < -0.39 is 12.2 Å². The molecule has 2 aliphatic heterocycles. The third kappa shape index (κ3) is 7.15. The molecule has 12 nitrogen and oxygen atoms in total. The predicted octanol–water partition coefficient (Wildman–Crippen LogP) is 1.93. The summed E-state index contributed by atoms with van der Waals surface area (Å²) in [7, 11) is 0. The summed E-state index contributed by atoms with van der Waals surface area (Å²) >= 11 is 0. The van der Waals surface area contributed by atoms with Crippen molar-refractivity contribution < 1.29 is 14.7 Å². The lowest BCUT2D eigenvalue weighted by Crippen LogP contribution is -2.41. The number of nitrogens with one attached hydrogen (secondary N) is 1. The van der Waals surface area contributed by atoms with Gasteiger partial charge in [0.1, 0.15) is 23.8 Å². The number of nitrogens with zero attached hydrogens (tertiary/aromatic N) is 6. The molecule has 2 saturated heterocycles. The van der Waals surface area contributed by atoms with Crippen molar-refractivity contribution in [2.45, 2.75) is 58.3 Å². The van der Waals surface area contributed by atoms with Crippen molar-refractivity contribution >= 4 is 11.6 Å². The molecule has 0 bridgehead atoms. The number of aliphatic hydroxyl groups excluding tert-OH is 2. The fourth-order valence-electron chi connectivity index (χ4n) is 5.10. The van der Waals surface area contributed by atoms with Crippen LogP contribution in [0, 0.1) is 11.8 Å². The van der Waals surface area contributed by atoms with Gasteiger partial charge in [0.15, 0.2) is 17.4 Å². The second-order valence-electron chi connectivity index (χ2n) is 9.93. The van der Waals surface area contributed by atoms with Crippen LogP contribution >= 0.6 is 0 Å². The lowest BCUT2D eigenvalue weighted by Gasteiger charge is -2.40. The van der Waals surface area contributed by atoms with Crippen LogP contribution in [0.25, 0.3) is 0 Å². The largest absolute Gasteiger partial charge is 0.385 e. The van der Waals surface area contributed by atoms with Crippen molar-refractivity contribution in [3.8, 4) is 0 Å². The second-order valence-corrected chi connectivity index (χ2v) is 9.93. The minimum Gasteiger partial charge on any atom is -0.385 e. The number of piperidine rings is 2. The topological polar surface area (TPSA) is 171 Å². The lowest BCUT2D eigenvalue weighted by molar-refractivity contribution is 0.188. The molecule has 3 aromatic rings. The Bertz CT molecular complexity index is 1130. The van der Waals surface area contributed by atoms with Crippen molar-refractivity contribution in [3.05, 3.63) is 58.4 Å². The van der Waals surface area contributed by atoms with Gasteiger partial charge >= 0.3 is 0 Å². The molecule has 0 saturated carbocycles. The van der Waals surface area contributed by atoms with Crippen molar-refractivity contribution in [3.63, 3.8) is 0 Å². The molecule has 0 radical (unpaired) electrons. The number of hydrogen-bond donors (Lipinski definition) is 4. The summed E-state index contributed by atoms with van der Waals surface area (Å²) in [5.74, 6) is 4.81. The zero-order valence-electron chi connectivity index (χ0n) is 22.0. The van der Waals surface area contributed by atoms with Crippen LogP contribution in [0.5, 0.6) is 0 Å². The molecule has 2 atom stereocenters. The Hall–Kier alpha value is -3.35. The highest BCUT2D eigenvalue weighted by atomic mass is 16.5. The highest BCUT2D eigenvalue weighted by Gasteiger charge is 2.30. The van der Waals surface area contributed by atoms with E-state index in [1.165, 1.54) is 31.7 Å². The number of hydrogen-bond acceptors (Lipinski definition) is 11. The van der Waals surface area contributed by atoms with Crippen molar-refractivity contribution in [1.82, 2.24) is 25.1 Å². The summed E-state index contributed by atoms with van der Waals surface area (Å²) in [5.41, 5.74) is 4.87. The minimum atomic E-state index is -0.640. The van der Waals surface area contributed by atoms with Crippen LogP contribution in [-0.2, 0) is 6.54 Å². The van der Waals surface area contributed by atoms with Gasteiger partial charge in [-0.1, -0.05) is 0 Å². The van der Waals surface area contributed by atoms with E-state index in [1.54, 1.807) is 26.2 Å². The summed E-state index contributed by atoms with van der Waals surface area (Å²) in [5, 5.41) is 21.6. The van der Waals surface area contributed by atoms with E-state index in [4.69, 9.17) is 5.73 Å². The highest BCUT2D eigenvalue weighted by Crippen LogP contribution is 2.34. The first-order chi connectivity index (χ1) is 18.3. The van der Waals surface area contributed by atoms with Crippen molar-refractivity contribution in [2.75, 3.05) is 36.0 Å². The smallest absolute Gasteiger partial charge is 0.280 e. The Morgan fingerprint density at radius 3 is 1.68 bits per heavy atom. The number of H-pyrrole nitrogens is 1. The van der Waals surface area contributed by atoms with E-state index in [9.17, 15) is 15.0 Å². The molecule has 3 aromatic heterocycles. The van der Waals surface area contributed by atoms with E-state index in [-0.39, 0.29) is 12.1 Å². The standard InChI is InChI=1S/C22H32N6O2.C4H6N2O2/c1-15(29)21-23-9-3-19(25-21)27-11-5-17(6-12-27)18-7-13-28(14-8-18)20-4-10-24-22(26-20)16(2)30;5-2-3-1-4(7)6-8-3/h3-4,9-10,15-18,29-30H,5-8,11-14H2,1-2H3;1H,2,5H2,(H,6,7)/t15-,16-;/m1./s1. The molecule has 12 heteroatoms. The monoisotopic (exact) mass is 526 g/mol. The first-order valence-corrected chi connectivity index (χ1v) is 13.2. The van der Waals surface area contributed by atoms with Gasteiger partial charge in [-0.3, -0.25) is 4.79 Å². The van der Waals surface area contributed by atoms with Crippen LogP contribution in [0.4, 0.5) is 11.6 Å². The Morgan fingerprint density at radius 1 is 0.921 bits per heavy atom. The summed E-state index contributed by atoms with van der Waals surface area (Å²) < 4.78 is 4.55. The normalized spacial score (nSPS) is 18.6. The molecule has 5 rings (SSSR count). The zero-order valence-corrected chi connectivity index (χ0v) is 22.0. The van der Waals surface area contributed by atoms with Gasteiger partial charge in [0.05, 0.1) is 6.54 Å². The van der Waals surface area contributed by atoms with E-state index in [2.05, 4.69) is 39.4 Å². The molecule has 0 unspecified atom stereocenters. The number of nitrogens with two attached hydrogens (primary N) is 1. The van der Waals surface area contributed by atoms with Crippen LogP contribution in [0.15, 0.2) is 39.9 Å². The van der Waals surface area contributed by atoms with Crippen LogP contribution in [-0.4, -0.2) is 61.5 Å². The average molecular weight is 527 g/mol. The SMILES string of the molecule is C[C@@H](O)c1nccc(N2CCC(C3CCN(c4ccnc([C@@H](C)O)n4)CC3)CC2)n1.NCc1cc(=O)[nH]o1. The molecule has 38 heavy (non-hydrogen) atoms. The Morgan fingerprint density at radius 2 is 1.37 bits per heavy atom. The lowest BCUT2D eigenvalue weighted by atomic mass is 9.79. The molecule has 5 N–H and O–H groups in total. The van der Waals surface area contributed by atoms with Gasteiger partial charge in [0, 0.05) is 44.6 Å². The summed E-state index contributed by atoms with van der Waals surface area (Å²) in [6.45, 7) is 7.68. The molecular weight excluding hydrogens is 488 g/mol. The number of anilines is 2. The van der Waals surface area contributed by atoms with Gasteiger partial charge < -0.3 is 30.3 Å². The van der Waals surface area contributed by atoms with Gasteiger partial charge in [0.25, 0.3) is 5.56 Å². The maximum atomic E-state index is 10.2. The van der Waals surface area contributed by atoms with E-state index in [0.29, 0.717) is 17.4 Å². The minimum absolute atomic E-state index is 0.245. The Labute approximate surface area is 221 Å². The van der Waals surface area contributed by atoms with E-state index in [1.807, 2.05) is 12.1 Å². The molecule has 0 spiro atoms. The third-order valence-electron chi connectivity index (χ3n) is 7.24. The van der Waals surface area contributed by atoms with Crippen LogP contribution in [0.3, 0.4) is 0 Å². The van der Waals surface area contributed by atoms with Gasteiger partial charge in [0.2, 0.25) is 0 Å². The van der Waals surface area contributed by atoms with Gasteiger partial charge in [-0.15, -0.1) is 0 Å². The van der Waals surface area contributed by atoms with Crippen LogP contribution in [0.1, 0.15) is 69.1 Å². The zero-order chi connectivity index (χ0) is 27.1. The van der Waals surface area contributed by atoms with E-state index >= 15 is 0 Å². The van der Waals surface area contributed by atoms with E-state index in [0.717, 1.165) is 49.7 Å². The quantitative estimate of drug-likeness (QED) is 0.370. The fourth-order valence-corrected chi connectivity index (χ4v) is 5.10. The van der Waals surface area contributed by atoms with Crippen LogP contribution < -0.4 is 21.1 Å². The molecule has 0 aromatic carbocycles. The first-order valence-electron chi connectivity index (χ1n) is 13.2.